The SMILES string of the molecule is C[C@H]1CC=C(c2cc3nc4n(c3cc2C(F)(F)F)CCOC4)N(C(=O)OC(C)(C)C)C1. The number of hydrogen-bond acceptors (Lipinski definition) is 4. The molecule has 1 aromatic heterocycles. The van der Waals surface area contributed by atoms with Crippen LogP contribution in [0.4, 0.5) is 18.0 Å². The Morgan fingerprint density at radius 2 is 2.00 bits per heavy atom. The third-order valence-electron chi connectivity index (χ3n) is 5.35. The van der Waals surface area contributed by atoms with Gasteiger partial charge in [-0.1, -0.05) is 13.0 Å². The molecule has 0 unspecified atom stereocenters. The number of allylic oxidation sites excluding steroid dienone is 1. The summed E-state index contributed by atoms with van der Waals surface area (Å²) in [5.41, 5.74) is -0.528. The van der Waals surface area contributed by atoms with Crippen LogP contribution in [0.15, 0.2) is 18.2 Å². The molecule has 2 aliphatic rings. The van der Waals surface area contributed by atoms with Gasteiger partial charge in [0.1, 0.15) is 18.0 Å². The number of nitrogens with zero attached hydrogens (tertiary/aromatic N) is 3. The number of fused-ring (bicyclic) bond motifs is 3. The molecule has 0 saturated heterocycles. The monoisotopic (exact) mass is 437 g/mol. The number of carbonyl (C=O) groups is 1. The topological polar surface area (TPSA) is 56.6 Å². The lowest BCUT2D eigenvalue weighted by atomic mass is 9.95. The van der Waals surface area contributed by atoms with Crippen LogP contribution in [0.5, 0.6) is 0 Å². The van der Waals surface area contributed by atoms with Gasteiger partial charge in [-0.15, -0.1) is 0 Å². The van der Waals surface area contributed by atoms with Gasteiger partial charge in [0.05, 0.1) is 28.9 Å². The van der Waals surface area contributed by atoms with E-state index >= 15 is 0 Å². The fourth-order valence-corrected chi connectivity index (χ4v) is 4.00. The molecule has 6 nitrogen and oxygen atoms in total. The summed E-state index contributed by atoms with van der Waals surface area (Å²) in [7, 11) is 0. The highest BCUT2D eigenvalue weighted by Crippen LogP contribution is 2.40. The molecule has 31 heavy (non-hydrogen) atoms. The Bertz CT molecular complexity index is 1050. The summed E-state index contributed by atoms with van der Waals surface area (Å²) in [5, 5.41) is 0. The second-order valence-electron chi connectivity index (χ2n) is 9.14. The minimum absolute atomic E-state index is 0.0610. The number of ether oxygens (including phenoxy) is 2. The molecule has 0 spiro atoms. The Balaban J connectivity index is 1.87. The van der Waals surface area contributed by atoms with Crippen molar-refractivity contribution in [2.24, 2.45) is 5.92 Å². The van der Waals surface area contributed by atoms with Crippen molar-refractivity contribution in [3.8, 4) is 0 Å². The zero-order valence-corrected chi connectivity index (χ0v) is 18.0. The molecule has 2 aliphatic heterocycles. The number of alkyl halides is 3. The highest BCUT2D eigenvalue weighted by atomic mass is 19.4. The van der Waals surface area contributed by atoms with Gasteiger partial charge < -0.3 is 14.0 Å². The van der Waals surface area contributed by atoms with E-state index < -0.39 is 23.4 Å². The van der Waals surface area contributed by atoms with E-state index in [-0.39, 0.29) is 30.3 Å². The van der Waals surface area contributed by atoms with Crippen molar-refractivity contribution in [2.45, 2.75) is 59.0 Å². The normalized spacial score (nSPS) is 19.9. The zero-order valence-electron chi connectivity index (χ0n) is 18.0. The Kier molecular flexibility index (Phi) is 5.28. The number of amides is 1. The second kappa shape index (κ2) is 7.55. The average molecular weight is 437 g/mol. The lowest BCUT2D eigenvalue weighted by Crippen LogP contribution is -2.40. The number of imidazole rings is 1. The first kappa shape index (κ1) is 21.7. The smallest absolute Gasteiger partial charge is 0.417 e. The number of benzene rings is 1. The van der Waals surface area contributed by atoms with Crippen molar-refractivity contribution in [1.29, 1.82) is 0 Å². The predicted molar refractivity (Wildman–Crippen MR) is 109 cm³/mol. The van der Waals surface area contributed by atoms with Crippen molar-refractivity contribution in [2.75, 3.05) is 13.2 Å². The van der Waals surface area contributed by atoms with E-state index in [0.717, 1.165) is 6.07 Å². The summed E-state index contributed by atoms with van der Waals surface area (Å²) in [5.74, 6) is 0.702. The summed E-state index contributed by atoms with van der Waals surface area (Å²) in [6.45, 7) is 8.55. The molecule has 0 saturated carbocycles. The van der Waals surface area contributed by atoms with Crippen LogP contribution in [0.25, 0.3) is 16.7 Å². The van der Waals surface area contributed by atoms with Crippen LogP contribution >= 0.6 is 0 Å². The number of rotatable bonds is 1. The van der Waals surface area contributed by atoms with Crippen LogP contribution in [0, 0.1) is 5.92 Å². The second-order valence-corrected chi connectivity index (χ2v) is 9.14. The van der Waals surface area contributed by atoms with Crippen molar-refractivity contribution < 1.29 is 27.4 Å². The van der Waals surface area contributed by atoms with Crippen LogP contribution < -0.4 is 0 Å². The number of hydrogen-bond donors (Lipinski definition) is 0. The van der Waals surface area contributed by atoms with Crippen molar-refractivity contribution in [1.82, 2.24) is 14.5 Å². The van der Waals surface area contributed by atoms with Crippen LogP contribution in [0.2, 0.25) is 0 Å². The Morgan fingerprint density at radius 1 is 1.26 bits per heavy atom. The van der Waals surface area contributed by atoms with Crippen molar-refractivity contribution >= 4 is 22.8 Å². The molecule has 1 aromatic carbocycles. The van der Waals surface area contributed by atoms with E-state index in [4.69, 9.17) is 9.47 Å². The Hall–Kier alpha value is -2.55. The molecule has 0 aliphatic carbocycles. The third-order valence-corrected chi connectivity index (χ3v) is 5.35. The van der Waals surface area contributed by atoms with Gasteiger partial charge in [0.15, 0.2) is 0 Å². The van der Waals surface area contributed by atoms with Gasteiger partial charge in [-0.05, 0) is 45.2 Å². The number of halogens is 3. The van der Waals surface area contributed by atoms with E-state index in [2.05, 4.69) is 4.98 Å². The van der Waals surface area contributed by atoms with E-state index in [1.54, 1.807) is 31.4 Å². The molecule has 9 heteroatoms. The Morgan fingerprint density at radius 3 is 2.68 bits per heavy atom. The molecule has 0 bridgehead atoms. The maximum absolute atomic E-state index is 14.1. The van der Waals surface area contributed by atoms with Gasteiger partial charge in [-0.3, -0.25) is 4.90 Å². The summed E-state index contributed by atoms with van der Waals surface area (Å²) in [6, 6.07) is 2.57. The van der Waals surface area contributed by atoms with E-state index in [1.165, 1.54) is 11.0 Å². The van der Waals surface area contributed by atoms with Gasteiger partial charge >= 0.3 is 12.3 Å². The van der Waals surface area contributed by atoms with Crippen LogP contribution in [0.1, 0.15) is 51.1 Å². The molecule has 1 atom stereocenters. The van der Waals surface area contributed by atoms with Gasteiger partial charge in [0.2, 0.25) is 0 Å². The minimum Gasteiger partial charge on any atom is -0.443 e. The van der Waals surface area contributed by atoms with Gasteiger partial charge in [0.25, 0.3) is 0 Å². The third kappa shape index (κ3) is 4.28. The quantitative estimate of drug-likeness (QED) is 0.615. The van der Waals surface area contributed by atoms with Gasteiger partial charge in [0, 0.05) is 18.7 Å². The van der Waals surface area contributed by atoms with Gasteiger partial charge in [-0.25, -0.2) is 9.78 Å². The molecule has 168 valence electrons. The summed E-state index contributed by atoms with van der Waals surface area (Å²) in [6.07, 6.45) is -3.00. The predicted octanol–water partition coefficient (Wildman–Crippen LogP) is 5.20. The lowest BCUT2D eigenvalue weighted by molar-refractivity contribution is -0.137. The number of carbonyl (C=O) groups excluding carboxylic acids is 1. The first-order valence-corrected chi connectivity index (χ1v) is 10.3. The van der Waals surface area contributed by atoms with Gasteiger partial charge in [-0.2, -0.15) is 13.2 Å². The molecule has 0 N–H and O–H groups in total. The van der Waals surface area contributed by atoms with E-state index in [9.17, 15) is 18.0 Å². The summed E-state index contributed by atoms with van der Waals surface area (Å²) < 4.78 is 55.0. The first-order chi connectivity index (χ1) is 14.4. The summed E-state index contributed by atoms with van der Waals surface area (Å²) >= 11 is 0. The molecule has 1 amide bonds. The average Bonchev–Trinajstić information content (AvgIpc) is 3.02. The minimum atomic E-state index is -4.59. The molecular weight excluding hydrogens is 411 g/mol. The Labute approximate surface area is 178 Å². The largest absolute Gasteiger partial charge is 0.443 e. The maximum Gasteiger partial charge on any atom is 0.417 e. The van der Waals surface area contributed by atoms with Crippen molar-refractivity contribution in [3.63, 3.8) is 0 Å². The molecule has 0 fully saturated rings. The standard InChI is InChI=1S/C22H26F3N3O3/c1-13-5-6-17(28(11-13)20(29)31-21(2,3)4)14-9-16-18(10-15(14)22(23,24)25)27-7-8-30-12-19(27)26-16/h6,9-10,13H,5,7-8,11-12H2,1-4H3/t13-/m0/s1. The lowest BCUT2D eigenvalue weighted by Gasteiger charge is -2.34. The van der Waals surface area contributed by atoms with Crippen LogP contribution in [-0.2, 0) is 28.8 Å². The fourth-order valence-electron chi connectivity index (χ4n) is 4.00. The highest BCUT2D eigenvalue weighted by molar-refractivity contribution is 5.88. The first-order valence-electron chi connectivity index (χ1n) is 10.3. The molecule has 4 rings (SSSR count). The molecule has 0 radical (unpaired) electrons. The highest BCUT2D eigenvalue weighted by Gasteiger charge is 2.38. The zero-order chi connectivity index (χ0) is 22.6. The van der Waals surface area contributed by atoms with Crippen LogP contribution in [-0.4, -0.2) is 39.3 Å². The van der Waals surface area contributed by atoms with E-state index in [1.807, 2.05) is 6.92 Å². The summed E-state index contributed by atoms with van der Waals surface area (Å²) in [4.78, 5) is 18.7. The molecular formula is C22H26F3N3O3. The van der Waals surface area contributed by atoms with E-state index in [0.29, 0.717) is 36.4 Å². The molecule has 2 aromatic rings. The maximum atomic E-state index is 14.1. The number of aromatic nitrogens is 2. The fraction of sp³-hybridized carbons (Fsp3) is 0.545. The van der Waals surface area contributed by atoms with Crippen molar-refractivity contribution in [3.05, 3.63) is 35.2 Å². The van der Waals surface area contributed by atoms with Crippen LogP contribution in [0.3, 0.4) is 0 Å². The molecule has 3 heterocycles.